The van der Waals surface area contributed by atoms with Gasteiger partial charge in [0.15, 0.2) is 0 Å². The molecule has 2 saturated heterocycles. The molecule has 1 aliphatic carbocycles. The molecule has 2 aliphatic heterocycles. The van der Waals surface area contributed by atoms with Crippen LogP contribution in [-0.2, 0) is 17.6 Å². The third-order valence-corrected chi connectivity index (χ3v) is 8.62. The number of nitrogens with zero attached hydrogens (tertiary/aromatic N) is 3. The molecule has 0 spiro atoms. The van der Waals surface area contributed by atoms with Gasteiger partial charge in [0.05, 0.1) is 18.9 Å². The molecule has 178 valence electrons. The van der Waals surface area contributed by atoms with Crippen LogP contribution in [0.5, 0.6) is 0 Å². The average Bonchev–Trinajstić information content (AvgIpc) is 3.14. The number of aromatic nitrogens is 2. The van der Waals surface area contributed by atoms with Gasteiger partial charge in [0.25, 0.3) is 5.91 Å². The van der Waals surface area contributed by atoms with Crippen LogP contribution in [0.1, 0.15) is 33.0 Å². The van der Waals surface area contributed by atoms with Crippen LogP contribution in [0.2, 0.25) is 0 Å². The summed E-state index contributed by atoms with van der Waals surface area (Å²) in [6.45, 7) is 5.20. The number of hydrogen-bond donors (Lipinski definition) is 3. The summed E-state index contributed by atoms with van der Waals surface area (Å²) < 4.78 is 5.71. The Morgan fingerprint density at radius 2 is 1.97 bits per heavy atom. The summed E-state index contributed by atoms with van der Waals surface area (Å²) >= 11 is 1.36. The Hall–Kier alpha value is -2.75. The highest BCUT2D eigenvalue weighted by Gasteiger charge is 2.38. The first-order chi connectivity index (χ1) is 16.5. The number of carbonyl (C=O) groups excluding carboxylic acids is 1. The molecule has 9 heteroatoms. The lowest BCUT2D eigenvalue weighted by molar-refractivity contribution is -0.00888. The Morgan fingerprint density at radius 3 is 2.76 bits per heavy atom. The Labute approximate surface area is 202 Å². The molecule has 3 aromatic heterocycles. The van der Waals surface area contributed by atoms with Gasteiger partial charge < -0.3 is 26.4 Å². The second kappa shape index (κ2) is 8.48. The zero-order valence-electron chi connectivity index (χ0n) is 19.3. The first kappa shape index (κ1) is 21.8. The van der Waals surface area contributed by atoms with Crippen LogP contribution in [0.4, 0.5) is 11.5 Å². The van der Waals surface area contributed by atoms with Crippen molar-refractivity contribution in [2.75, 3.05) is 36.9 Å². The van der Waals surface area contributed by atoms with Crippen molar-refractivity contribution in [1.82, 2.24) is 15.3 Å². The molecule has 2 bridgehead atoms. The molecule has 0 saturated carbocycles. The molecule has 1 amide bonds. The Kier molecular flexibility index (Phi) is 5.43. The Balaban J connectivity index is 1.15. The van der Waals surface area contributed by atoms with Gasteiger partial charge >= 0.3 is 0 Å². The molecule has 34 heavy (non-hydrogen) atoms. The second-order valence-electron chi connectivity index (χ2n) is 9.88. The maximum Gasteiger partial charge on any atom is 0.263 e. The van der Waals surface area contributed by atoms with Crippen LogP contribution in [0, 0.1) is 18.8 Å². The van der Waals surface area contributed by atoms with Crippen LogP contribution in [0.25, 0.3) is 10.2 Å². The number of pyridine rings is 2. The maximum atomic E-state index is 13.0. The van der Waals surface area contributed by atoms with Crippen molar-refractivity contribution in [3.8, 4) is 0 Å². The van der Waals surface area contributed by atoms with E-state index in [-0.39, 0.29) is 18.0 Å². The number of aryl methyl sites for hydroxylation is 2. The summed E-state index contributed by atoms with van der Waals surface area (Å²) in [5, 5.41) is 4.05. The number of nitrogens with one attached hydrogen (secondary N) is 1. The maximum absolute atomic E-state index is 13.0. The van der Waals surface area contributed by atoms with Crippen molar-refractivity contribution in [2.24, 2.45) is 17.6 Å². The standard InChI is InChI=1S/C25H30N6O2S/c1-13-2-5-18-22(27)23(34-25(18)28-13)24(32)29-17-4-6-19-14(8-17)3-7-20(30-19)31-9-15-11-33-12-16(10-31)21(15)26/h2-3,5,7,15-17,21H,4,6,8-12,26-27H2,1H3,(H,29,32)/t15-,16?,17+,21?/m1/s1. The topological polar surface area (TPSA) is 119 Å². The van der Waals surface area contributed by atoms with Gasteiger partial charge in [-0.2, -0.15) is 0 Å². The predicted octanol–water partition coefficient (Wildman–Crippen LogP) is 2.28. The summed E-state index contributed by atoms with van der Waals surface area (Å²) in [4.78, 5) is 26.3. The molecule has 3 aromatic rings. The molecule has 5 heterocycles. The van der Waals surface area contributed by atoms with Gasteiger partial charge in [-0.3, -0.25) is 4.79 Å². The van der Waals surface area contributed by atoms with Gasteiger partial charge in [-0.25, -0.2) is 9.97 Å². The number of hydrogen-bond acceptors (Lipinski definition) is 8. The smallest absolute Gasteiger partial charge is 0.263 e. The number of thiophene rings is 1. The van der Waals surface area contributed by atoms with Gasteiger partial charge in [0.1, 0.15) is 15.5 Å². The van der Waals surface area contributed by atoms with Gasteiger partial charge in [-0.15, -0.1) is 11.3 Å². The van der Waals surface area contributed by atoms with Crippen molar-refractivity contribution in [3.05, 3.63) is 46.1 Å². The van der Waals surface area contributed by atoms with E-state index < -0.39 is 0 Å². The zero-order chi connectivity index (χ0) is 23.4. The largest absolute Gasteiger partial charge is 0.397 e. The fourth-order valence-corrected chi connectivity index (χ4v) is 6.60. The fraction of sp³-hybridized carbons (Fsp3) is 0.480. The number of rotatable bonds is 3. The molecule has 2 fully saturated rings. The number of piperidine rings is 1. The van der Waals surface area contributed by atoms with Gasteiger partial charge in [-0.05, 0) is 49.9 Å². The monoisotopic (exact) mass is 478 g/mol. The Morgan fingerprint density at radius 1 is 1.18 bits per heavy atom. The molecular formula is C25H30N6O2S. The molecule has 2 unspecified atom stereocenters. The molecule has 5 N–H and O–H groups in total. The summed E-state index contributed by atoms with van der Waals surface area (Å²) in [5.74, 6) is 1.65. The summed E-state index contributed by atoms with van der Waals surface area (Å²) in [6, 6.07) is 8.45. The van der Waals surface area contributed by atoms with Crippen molar-refractivity contribution < 1.29 is 9.53 Å². The predicted molar refractivity (Wildman–Crippen MR) is 134 cm³/mol. The van der Waals surface area contributed by atoms with Gasteiger partial charge in [0, 0.05) is 53.8 Å². The number of nitrogen functional groups attached to an aromatic ring is 1. The molecule has 4 atom stereocenters. The first-order valence-corrected chi connectivity index (χ1v) is 12.8. The van der Waals surface area contributed by atoms with Crippen molar-refractivity contribution in [3.63, 3.8) is 0 Å². The van der Waals surface area contributed by atoms with Gasteiger partial charge in [-0.1, -0.05) is 6.07 Å². The van der Waals surface area contributed by atoms with Crippen LogP contribution >= 0.6 is 11.3 Å². The molecule has 0 radical (unpaired) electrons. The third-order valence-electron chi connectivity index (χ3n) is 7.51. The van der Waals surface area contributed by atoms with E-state index in [0.717, 1.165) is 73.0 Å². The third kappa shape index (κ3) is 3.81. The lowest BCUT2D eigenvalue weighted by Gasteiger charge is -2.46. The SMILES string of the molecule is Cc1ccc2c(N)c(C(=O)N[C@H]3CCc4nc(N5CC6COC[C@@H](C5)C6N)ccc4C3)sc2n1. The lowest BCUT2D eigenvalue weighted by Crippen LogP contribution is -2.59. The minimum Gasteiger partial charge on any atom is -0.397 e. The van der Waals surface area contributed by atoms with Crippen LogP contribution < -0.4 is 21.7 Å². The minimum atomic E-state index is -0.116. The van der Waals surface area contributed by atoms with Crippen molar-refractivity contribution >= 4 is 39.0 Å². The summed E-state index contributed by atoms with van der Waals surface area (Å²) in [7, 11) is 0. The highest BCUT2D eigenvalue weighted by molar-refractivity contribution is 7.21. The second-order valence-corrected chi connectivity index (χ2v) is 10.9. The number of fused-ring (bicyclic) bond motifs is 4. The van der Waals surface area contributed by atoms with Crippen LogP contribution in [-0.4, -0.2) is 54.3 Å². The summed E-state index contributed by atoms with van der Waals surface area (Å²) in [5.41, 5.74) is 16.5. The normalized spacial score (nSPS) is 26.4. The van der Waals surface area contributed by atoms with Crippen molar-refractivity contribution in [2.45, 2.75) is 38.3 Å². The van der Waals surface area contributed by atoms with E-state index >= 15 is 0 Å². The highest BCUT2D eigenvalue weighted by Crippen LogP contribution is 2.33. The number of nitrogens with two attached hydrogens (primary N) is 2. The Bertz CT molecular complexity index is 1250. The van der Waals surface area contributed by atoms with E-state index in [0.29, 0.717) is 22.4 Å². The van der Waals surface area contributed by atoms with E-state index in [2.05, 4.69) is 27.3 Å². The molecule has 3 aliphatic rings. The zero-order valence-corrected chi connectivity index (χ0v) is 20.1. The molecule has 8 nitrogen and oxygen atoms in total. The van der Waals surface area contributed by atoms with Crippen molar-refractivity contribution in [1.29, 1.82) is 0 Å². The first-order valence-electron chi connectivity index (χ1n) is 12.0. The van der Waals surface area contributed by atoms with E-state index in [1.54, 1.807) is 0 Å². The lowest BCUT2D eigenvalue weighted by atomic mass is 9.83. The minimum absolute atomic E-state index is 0.0662. The molecule has 6 rings (SSSR count). The molecular weight excluding hydrogens is 448 g/mol. The highest BCUT2D eigenvalue weighted by atomic mass is 32.1. The van der Waals surface area contributed by atoms with Gasteiger partial charge in [0.2, 0.25) is 0 Å². The van der Waals surface area contributed by atoms with E-state index in [9.17, 15) is 4.79 Å². The van der Waals surface area contributed by atoms with Crippen LogP contribution in [0.15, 0.2) is 24.3 Å². The number of amides is 1. The fourth-order valence-electron chi connectivity index (χ4n) is 5.56. The van der Waals surface area contributed by atoms with E-state index in [1.807, 2.05) is 19.1 Å². The summed E-state index contributed by atoms with van der Waals surface area (Å²) in [6.07, 6.45) is 2.49. The number of carbonyl (C=O) groups is 1. The molecule has 0 aromatic carbocycles. The van der Waals surface area contributed by atoms with E-state index in [1.165, 1.54) is 16.9 Å². The van der Waals surface area contributed by atoms with E-state index in [4.69, 9.17) is 21.2 Å². The number of ether oxygens (including phenoxy) is 1. The number of anilines is 2. The quantitative estimate of drug-likeness (QED) is 0.528. The van der Waals surface area contributed by atoms with Crippen LogP contribution in [0.3, 0.4) is 0 Å². The average molecular weight is 479 g/mol.